The number of fused-ring (bicyclic) bond motifs is 1. The molecule has 0 aromatic carbocycles. The summed E-state index contributed by atoms with van der Waals surface area (Å²) in [5.41, 5.74) is 7.24. The number of aryl methyl sites for hydroxylation is 2. The van der Waals surface area contributed by atoms with Gasteiger partial charge < -0.3 is 10.6 Å². The highest BCUT2D eigenvalue weighted by Crippen LogP contribution is 2.34. The molecule has 0 spiro atoms. The molecule has 21 heavy (non-hydrogen) atoms. The number of carbonyl (C=O) groups excluding carboxylic acids is 1. The van der Waals surface area contributed by atoms with Crippen molar-refractivity contribution >= 4 is 17.2 Å². The van der Waals surface area contributed by atoms with Gasteiger partial charge in [-0.15, -0.1) is 11.3 Å². The van der Waals surface area contributed by atoms with Crippen molar-refractivity contribution in [3.8, 4) is 0 Å². The molecule has 0 radical (unpaired) electrons. The molecule has 1 fully saturated rings. The molecular formula is C16H25N3OS. The maximum atomic E-state index is 12.3. The molecule has 116 valence electrons. The van der Waals surface area contributed by atoms with Crippen LogP contribution in [0.5, 0.6) is 0 Å². The van der Waals surface area contributed by atoms with Crippen LogP contribution in [0.4, 0.5) is 0 Å². The molecule has 1 aliphatic carbocycles. The third kappa shape index (κ3) is 3.14. The number of nitrogens with zero attached hydrogens (tertiary/aromatic N) is 2. The third-order valence-corrected chi connectivity index (χ3v) is 6.02. The van der Waals surface area contributed by atoms with Gasteiger partial charge in [0, 0.05) is 23.9 Å². The summed E-state index contributed by atoms with van der Waals surface area (Å²) in [4.78, 5) is 20.6. The molecule has 1 aromatic heterocycles. The summed E-state index contributed by atoms with van der Waals surface area (Å²) >= 11 is 1.89. The monoisotopic (exact) mass is 307 g/mol. The molecule has 1 aromatic rings. The van der Waals surface area contributed by atoms with Gasteiger partial charge in [-0.3, -0.25) is 4.79 Å². The highest BCUT2D eigenvalue weighted by molar-refractivity contribution is 7.11. The van der Waals surface area contributed by atoms with Gasteiger partial charge in [-0.1, -0.05) is 6.92 Å². The van der Waals surface area contributed by atoms with Gasteiger partial charge in [0.25, 0.3) is 0 Å². The zero-order valence-corrected chi connectivity index (χ0v) is 13.6. The molecule has 4 nitrogen and oxygen atoms in total. The number of aromatic nitrogens is 1. The topological polar surface area (TPSA) is 59.2 Å². The molecule has 0 saturated carbocycles. The second-order valence-corrected chi connectivity index (χ2v) is 7.38. The number of rotatable bonds is 3. The van der Waals surface area contributed by atoms with Crippen molar-refractivity contribution in [3.63, 3.8) is 0 Å². The van der Waals surface area contributed by atoms with Crippen molar-refractivity contribution in [2.75, 3.05) is 13.1 Å². The van der Waals surface area contributed by atoms with Crippen LogP contribution in [0, 0.1) is 0 Å². The number of amides is 1. The number of hydrogen-bond donors (Lipinski definition) is 1. The Morgan fingerprint density at radius 2 is 2.24 bits per heavy atom. The highest BCUT2D eigenvalue weighted by Gasteiger charge is 2.29. The first kappa shape index (κ1) is 15.0. The van der Waals surface area contributed by atoms with Crippen LogP contribution in [0.1, 0.15) is 60.5 Å². The van der Waals surface area contributed by atoms with Crippen molar-refractivity contribution < 1.29 is 4.79 Å². The summed E-state index contributed by atoms with van der Waals surface area (Å²) in [6.07, 6.45) is 7.84. The van der Waals surface area contributed by atoms with Gasteiger partial charge in [0.2, 0.25) is 5.91 Å². The fourth-order valence-electron chi connectivity index (χ4n) is 3.33. The van der Waals surface area contributed by atoms with Crippen LogP contribution in [0.3, 0.4) is 0 Å². The molecule has 2 N–H and O–H groups in total. The average Bonchev–Trinajstić information content (AvgIpc) is 2.97. The fourth-order valence-corrected chi connectivity index (χ4v) is 4.61. The van der Waals surface area contributed by atoms with Gasteiger partial charge in [-0.05, 0) is 44.9 Å². The largest absolute Gasteiger partial charge is 0.341 e. The van der Waals surface area contributed by atoms with E-state index in [1.807, 2.05) is 23.2 Å². The number of carbonyl (C=O) groups is 1. The van der Waals surface area contributed by atoms with Crippen LogP contribution in [0.25, 0.3) is 0 Å². The van der Waals surface area contributed by atoms with Gasteiger partial charge in [-0.25, -0.2) is 4.98 Å². The number of piperidine rings is 1. The van der Waals surface area contributed by atoms with E-state index in [0.717, 1.165) is 32.4 Å². The second kappa shape index (κ2) is 6.44. The van der Waals surface area contributed by atoms with Gasteiger partial charge in [0.05, 0.1) is 16.7 Å². The van der Waals surface area contributed by atoms with Crippen LogP contribution in [-0.4, -0.2) is 34.9 Å². The Morgan fingerprint density at radius 3 is 3.00 bits per heavy atom. The summed E-state index contributed by atoms with van der Waals surface area (Å²) in [7, 11) is 0. The molecule has 2 aliphatic rings. The Kier molecular flexibility index (Phi) is 4.60. The average molecular weight is 307 g/mol. The standard InChI is InChI=1S/C16H25N3OS/c1-2-12(17)16(20)19-9-5-6-11(10-19)15-18-13-7-3-4-8-14(13)21-15/h11-12H,2-10,17H2,1H3/t11-,12-/m0/s1. The lowest BCUT2D eigenvalue weighted by atomic mass is 9.97. The van der Waals surface area contributed by atoms with E-state index in [0.29, 0.717) is 12.3 Å². The highest BCUT2D eigenvalue weighted by atomic mass is 32.1. The maximum Gasteiger partial charge on any atom is 0.239 e. The molecule has 0 bridgehead atoms. The van der Waals surface area contributed by atoms with Crippen molar-refractivity contribution in [2.45, 2.75) is 63.8 Å². The van der Waals surface area contributed by atoms with Crippen LogP contribution < -0.4 is 5.73 Å². The zero-order chi connectivity index (χ0) is 14.8. The van der Waals surface area contributed by atoms with Gasteiger partial charge in [0.15, 0.2) is 0 Å². The van der Waals surface area contributed by atoms with Crippen molar-refractivity contribution in [2.24, 2.45) is 5.73 Å². The Morgan fingerprint density at radius 1 is 1.43 bits per heavy atom. The minimum atomic E-state index is -0.340. The van der Waals surface area contributed by atoms with Crippen LogP contribution in [0.15, 0.2) is 0 Å². The molecule has 2 heterocycles. The Hall–Kier alpha value is -0.940. The first-order chi connectivity index (χ1) is 10.2. The Bertz CT molecular complexity index is 490. The Balaban J connectivity index is 1.71. The molecule has 0 unspecified atom stereocenters. The summed E-state index contributed by atoms with van der Waals surface area (Å²) < 4.78 is 0. The lowest BCUT2D eigenvalue weighted by Gasteiger charge is -2.33. The van der Waals surface area contributed by atoms with Crippen LogP contribution >= 0.6 is 11.3 Å². The van der Waals surface area contributed by atoms with Gasteiger partial charge in [0.1, 0.15) is 0 Å². The van der Waals surface area contributed by atoms with E-state index in [1.165, 1.54) is 34.8 Å². The predicted molar refractivity (Wildman–Crippen MR) is 85.6 cm³/mol. The van der Waals surface area contributed by atoms with Crippen molar-refractivity contribution in [1.82, 2.24) is 9.88 Å². The lowest BCUT2D eigenvalue weighted by molar-refractivity contribution is -0.133. The minimum Gasteiger partial charge on any atom is -0.341 e. The van der Waals surface area contributed by atoms with E-state index in [2.05, 4.69) is 0 Å². The van der Waals surface area contributed by atoms with E-state index < -0.39 is 0 Å². The normalized spacial score (nSPS) is 23.7. The van der Waals surface area contributed by atoms with Crippen molar-refractivity contribution in [1.29, 1.82) is 0 Å². The molecule has 5 heteroatoms. The number of likely N-dealkylation sites (tertiary alicyclic amines) is 1. The number of hydrogen-bond acceptors (Lipinski definition) is 4. The smallest absolute Gasteiger partial charge is 0.239 e. The molecule has 1 saturated heterocycles. The SMILES string of the molecule is CC[C@H](N)C(=O)N1CCC[C@H](c2nc3c(s2)CCCC3)C1. The number of thiazole rings is 1. The minimum absolute atomic E-state index is 0.114. The maximum absolute atomic E-state index is 12.3. The Labute approximate surface area is 130 Å². The molecular weight excluding hydrogens is 282 g/mol. The van der Waals surface area contributed by atoms with Crippen molar-refractivity contribution in [3.05, 3.63) is 15.6 Å². The first-order valence-corrected chi connectivity index (χ1v) is 9.03. The molecule has 2 atom stereocenters. The predicted octanol–water partition coefficient (Wildman–Crippen LogP) is 2.47. The number of nitrogens with two attached hydrogens (primary N) is 1. The summed E-state index contributed by atoms with van der Waals surface area (Å²) in [5, 5.41) is 1.25. The summed E-state index contributed by atoms with van der Waals surface area (Å²) in [5.74, 6) is 0.533. The van der Waals surface area contributed by atoms with Gasteiger partial charge in [-0.2, -0.15) is 0 Å². The van der Waals surface area contributed by atoms with E-state index in [-0.39, 0.29) is 11.9 Å². The lowest BCUT2D eigenvalue weighted by Crippen LogP contribution is -2.47. The first-order valence-electron chi connectivity index (χ1n) is 8.22. The van der Waals surface area contributed by atoms with E-state index in [1.54, 1.807) is 0 Å². The summed E-state index contributed by atoms with van der Waals surface area (Å²) in [6, 6.07) is -0.340. The van der Waals surface area contributed by atoms with E-state index in [9.17, 15) is 4.79 Å². The van der Waals surface area contributed by atoms with E-state index >= 15 is 0 Å². The molecule has 1 amide bonds. The zero-order valence-electron chi connectivity index (χ0n) is 12.8. The fraction of sp³-hybridized carbons (Fsp3) is 0.750. The quantitative estimate of drug-likeness (QED) is 0.933. The molecule has 1 aliphatic heterocycles. The van der Waals surface area contributed by atoms with Crippen LogP contribution in [-0.2, 0) is 17.6 Å². The molecule has 3 rings (SSSR count). The van der Waals surface area contributed by atoms with Gasteiger partial charge >= 0.3 is 0 Å². The second-order valence-electron chi connectivity index (χ2n) is 6.27. The van der Waals surface area contributed by atoms with E-state index in [4.69, 9.17) is 10.7 Å². The third-order valence-electron chi connectivity index (χ3n) is 4.70. The van der Waals surface area contributed by atoms with Crippen LogP contribution in [0.2, 0.25) is 0 Å². The summed E-state index contributed by atoms with van der Waals surface area (Å²) in [6.45, 7) is 3.63.